The number of nitrogens with zero attached hydrogens (tertiary/aromatic N) is 4. The van der Waals surface area contributed by atoms with Crippen molar-refractivity contribution in [3.63, 3.8) is 0 Å². The van der Waals surface area contributed by atoms with E-state index >= 15 is 0 Å². The van der Waals surface area contributed by atoms with Crippen molar-refractivity contribution >= 4 is 17.7 Å². The molecule has 1 amide bonds. The number of rotatable bonds is 3. The fourth-order valence-electron chi connectivity index (χ4n) is 2.07. The first-order chi connectivity index (χ1) is 8.89. The summed E-state index contributed by atoms with van der Waals surface area (Å²) in [5.74, 6) is 7.23. The minimum absolute atomic E-state index is 0.153. The Morgan fingerprint density at radius 1 is 1.32 bits per heavy atom. The fraction of sp³-hybridized carbons (Fsp3) is 0.750. The number of thioether (sulfide) groups is 1. The second kappa shape index (κ2) is 5.40. The largest absolute Gasteiger partial charge is 0.342 e. The Morgan fingerprint density at radius 3 is 2.47 bits per heavy atom. The molecule has 2 heterocycles. The highest BCUT2D eigenvalue weighted by molar-refractivity contribution is 7.99. The van der Waals surface area contributed by atoms with Gasteiger partial charge in [0, 0.05) is 18.5 Å². The summed E-state index contributed by atoms with van der Waals surface area (Å²) in [7, 11) is 0. The fourth-order valence-corrected chi connectivity index (χ4v) is 2.83. The van der Waals surface area contributed by atoms with E-state index in [-0.39, 0.29) is 11.3 Å². The third-order valence-corrected chi connectivity index (χ3v) is 4.05. The molecule has 0 aliphatic carbocycles. The molecule has 106 valence electrons. The van der Waals surface area contributed by atoms with Gasteiger partial charge in [0.15, 0.2) is 5.82 Å². The van der Waals surface area contributed by atoms with Crippen molar-refractivity contribution in [2.24, 2.45) is 0 Å². The van der Waals surface area contributed by atoms with Gasteiger partial charge in [-0.2, -0.15) is 0 Å². The first kappa shape index (κ1) is 14.2. The summed E-state index contributed by atoms with van der Waals surface area (Å²) in [4.78, 5) is 13.8. The zero-order chi connectivity index (χ0) is 14.0. The van der Waals surface area contributed by atoms with E-state index in [0.29, 0.717) is 10.9 Å². The maximum atomic E-state index is 11.9. The Morgan fingerprint density at radius 2 is 1.95 bits per heavy atom. The van der Waals surface area contributed by atoms with Crippen LogP contribution in [0.3, 0.4) is 0 Å². The maximum Gasteiger partial charge on any atom is 0.233 e. The van der Waals surface area contributed by atoms with Crippen molar-refractivity contribution in [1.82, 2.24) is 19.8 Å². The molecule has 6 nitrogen and oxygen atoms in total. The van der Waals surface area contributed by atoms with Gasteiger partial charge >= 0.3 is 0 Å². The molecular weight excluding hydrogens is 262 g/mol. The molecule has 1 aromatic heterocycles. The van der Waals surface area contributed by atoms with E-state index in [9.17, 15) is 4.79 Å². The van der Waals surface area contributed by atoms with Gasteiger partial charge in [0.25, 0.3) is 0 Å². The number of carbonyl (C=O) groups is 1. The highest BCUT2D eigenvalue weighted by Gasteiger charge is 2.24. The topological polar surface area (TPSA) is 77.0 Å². The van der Waals surface area contributed by atoms with Gasteiger partial charge in [-0.3, -0.25) is 4.79 Å². The molecule has 1 aliphatic rings. The van der Waals surface area contributed by atoms with Gasteiger partial charge in [0.05, 0.1) is 5.75 Å². The van der Waals surface area contributed by atoms with E-state index in [1.807, 2.05) is 25.7 Å². The van der Waals surface area contributed by atoms with Crippen LogP contribution in [0.1, 0.15) is 39.4 Å². The summed E-state index contributed by atoms with van der Waals surface area (Å²) in [6.45, 7) is 7.85. The lowest BCUT2D eigenvalue weighted by Crippen LogP contribution is -2.29. The summed E-state index contributed by atoms with van der Waals surface area (Å²) in [6.07, 6.45) is 2.22. The van der Waals surface area contributed by atoms with Gasteiger partial charge in [-0.1, -0.05) is 32.5 Å². The lowest BCUT2D eigenvalue weighted by Gasteiger charge is -2.17. The molecule has 0 radical (unpaired) electrons. The van der Waals surface area contributed by atoms with Crippen molar-refractivity contribution in [2.75, 3.05) is 24.7 Å². The number of hydrogen-bond acceptors (Lipinski definition) is 5. The van der Waals surface area contributed by atoms with E-state index in [1.165, 1.54) is 16.4 Å². The molecule has 0 spiro atoms. The summed E-state index contributed by atoms with van der Waals surface area (Å²) < 4.78 is 1.49. The molecular formula is C12H21N5OS. The van der Waals surface area contributed by atoms with Gasteiger partial charge in [0.1, 0.15) is 0 Å². The number of hydrogen-bond donors (Lipinski definition) is 1. The molecule has 0 unspecified atom stereocenters. The van der Waals surface area contributed by atoms with Gasteiger partial charge in [-0.15, -0.1) is 10.2 Å². The zero-order valence-corrected chi connectivity index (χ0v) is 12.5. The van der Waals surface area contributed by atoms with Crippen LogP contribution >= 0.6 is 11.8 Å². The van der Waals surface area contributed by atoms with Gasteiger partial charge in [-0.25, -0.2) is 4.68 Å². The SMILES string of the molecule is CC(C)(C)c1nnc(SCC(=O)N2CCCC2)n1N. The average Bonchev–Trinajstić information content (AvgIpc) is 2.94. The zero-order valence-electron chi connectivity index (χ0n) is 11.7. The first-order valence-corrected chi connectivity index (χ1v) is 7.49. The van der Waals surface area contributed by atoms with Crippen LogP contribution in [0.4, 0.5) is 0 Å². The normalized spacial score (nSPS) is 16.1. The van der Waals surface area contributed by atoms with E-state index in [0.717, 1.165) is 31.8 Å². The molecule has 1 saturated heterocycles. The van der Waals surface area contributed by atoms with Crippen LogP contribution < -0.4 is 5.84 Å². The van der Waals surface area contributed by atoms with Crippen LogP contribution in [0.5, 0.6) is 0 Å². The quantitative estimate of drug-likeness (QED) is 0.661. The number of likely N-dealkylation sites (tertiary alicyclic amines) is 1. The summed E-state index contributed by atoms with van der Waals surface area (Å²) >= 11 is 1.35. The smallest absolute Gasteiger partial charge is 0.233 e. The highest BCUT2D eigenvalue weighted by Crippen LogP contribution is 2.23. The minimum Gasteiger partial charge on any atom is -0.342 e. The number of aromatic nitrogens is 3. The van der Waals surface area contributed by atoms with E-state index in [4.69, 9.17) is 5.84 Å². The van der Waals surface area contributed by atoms with Crippen molar-refractivity contribution in [3.8, 4) is 0 Å². The van der Waals surface area contributed by atoms with Crippen molar-refractivity contribution in [3.05, 3.63) is 5.82 Å². The monoisotopic (exact) mass is 283 g/mol. The average molecular weight is 283 g/mol. The van der Waals surface area contributed by atoms with Gasteiger partial charge in [0.2, 0.25) is 11.1 Å². The van der Waals surface area contributed by atoms with Crippen LogP contribution in [0, 0.1) is 0 Å². The lowest BCUT2D eigenvalue weighted by molar-refractivity contribution is -0.127. The molecule has 1 aliphatic heterocycles. The molecule has 1 fully saturated rings. The summed E-state index contributed by atoms with van der Waals surface area (Å²) in [5.41, 5.74) is -0.153. The minimum atomic E-state index is -0.153. The Hall–Kier alpha value is -1.24. The van der Waals surface area contributed by atoms with Crippen molar-refractivity contribution in [1.29, 1.82) is 0 Å². The first-order valence-electron chi connectivity index (χ1n) is 6.51. The number of amides is 1. The van der Waals surface area contributed by atoms with E-state index < -0.39 is 0 Å². The maximum absolute atomic E-state index is 11.9. The number of carbonyl (C=O) groups excluding carboxylic acids is 1. The Bertz CT molecular complexity index is 459. The van der Waals surface area contributed by atoms with Crippen LogP contribution in [-0.2, 0) is 10.2 Å². The standard InChI is InChI=1S/C12H21N5OS/c1-12(2,3)10-14-15-11(17(10)13)19-8-9(18)16-6-4-5-7-16/h4-8,13H2,1-3H3. The molecule has 7 heteroatoms. The molecule has 0 atom stereocenters. The van der Waals surface area contributed by atoms with E-state index in [2.05, 4.69) is 10.2 Å². The predicted octanol–water partition coefficient (Wildman–Crippen LogP) is 1.00. The summed E-state index contributed by atoms with van der Waals surface area (Å²) in [5, 5.41) is 8.76. The van der Waals surface area contributed by atoms with Crippen LogP contribution in [0.25, 0.3) is 0 Å². The second-order valence-electron chi connectivity index (χ2n) is 5.80. The molecule has 1 aromatic rings. The molecule has 0 saturated carbocycles. The van der Waals surface area contributed by atoms with Crippen molar-refractivity contribution in [2.45, 2.75) is 44.2 Å². The molecule has 0 aromatic carbocycles. The lowest BCUT2D eigenvalue weighted by atomic mass is 9.96. The molecule has 19 heavy (non-hydrogen) atoms. The predicted molar refractivity (Wildman–Crippen MR) is 75.4 cm³/mol. The van der Waals surface area contributed by atoms with Crippen LogP contribution in [0.2, 0.25) is 0 Å². The molecule has 0 bridgehead atoms. The molecule has 2 N–H and O–H groups in total. The van der Waals surface area contributed by atoms with Gasteiger partial charge in [-0.05, 0) is 12.8 Å². The van der Waals surface area contributed by atoms with Crippen molar-refractivity contribution < 1.29 is 4.79 Å². The van der Waals surface area contributed by atoms with Gasteiger partial charge < -0.3 is 10.7 Å². The second-order valence-corrected chi connectivity index (χ2v) is 6.75. The third kappa shape index (κ3) is 3.20. The summed E-state index contributed by atoms with van der Waals surface area (Å²) in [6, 6.07) is 0. The number of nitrogen functional groups attached to an aromatic ring is 1. The number of nitrogens with two attached hydrogens (primary N) is 1. The van der Waals surface area contributed by atoms with Crippen LogP contribution in [-0.4, -0.2) is 44.5 Å². The molecule has 2 rings (SSSR count). The Kier molecular flexibility index (Phi) is 4.03. The highest BCUT2D eigenvalue weighted by atomic mass is 32.2. The Labute approximate surface area is 117 Å². The van der Waals surface area contributed by atoms with E-state index in [1.54, 1.807) is 0 Å². The van der Waals surface area contributed by atoms with Crippen LogP contribution in [0.15, 0.2) is 5.16 Å². The third-order valence-electron chi connectivity index (χ3n) is 3.12. The Balaban J connectivity index is 1.96.